The zero-order valence-electron chi connectivity index (χ0n) is 16.3. The van der Waals surface area contributed by atoms with Crippen LogP contribution >= 0.6 is 0 Å². The van der Waals surface area contributed by atoms with Gasteiger partial charge in [-0.2, -0.15) is 0 Å². The van der Waals surface area contributed by atoms with E-state index in [-0.39, 0.29) is 11.8 Å². The highest BCUT2D eigenvalue weighted by atomic mass is 16.4. The van der Waals surface area contributed by atoms with E-state index >= 15 is 0 Å². The molecule has 5 unspecified atom stereocenters. The van der Waals surface area contributed by atoms with Crippen LogP contribution in [0.15, 0.2) is 0 Å². The maximum Gasteiger partial charge on any atom is 0.322 e. The van der Waals surface area contributed by atoms with Crippen LogP contribution in [0.3, 0.4) is 0 Å². The smallest absolute Gasteiger partial charge is 0.322 e. The number of hydrogen-bond acceptors (Lipinski definition) is 6. The second-order valence-electron chi connectivity index (χ2n) is 6.64. The fraction of sp³-hybridized carbons (Fsp3) is 0.765. The molecule has 27 heavy (non-hydrogen) atoms. The van der Waals surface area contributed by atoms with Crippen LogP contribution in [0.25, 0.3) is 0 Å². The SMILES string of the molecule is CCC(C)C(N)C(=O)NC(CO)C(=O)NC(C(=O)NCC(=O)O)C(C)CC. The Labute approximate surface area is 159 Å². The second kappa shape index (κ2) is 12.2. The van der Waals surface area contributed by atoms with Crippen LogP contribution < -0.4 is 21.7 Å². The van der Waals surface area contributed by atoms with Crippen LogP contribution in [0.5, 0.6) is 0 Å². The van der Waals surface area contributed by atoms with E-state index in [1.807, 2.05) is 13.8 Å². The third kappa shape index (κ3) is 8.35. The summed E-state index contributed by atoms with van der Waals surface area (Å²) in [4.78, 5) is 47.4. The number of nitrogens with two attached hydrogens (primary N) is 1. The van der Waals surface area contributed by atoms with Gasteiger partial charge in [-0.15, -0.1) is 0 Å². The fourth-order valence-corrected chi connectivity index (χ4v) is 2.20. The summed E-state index contributed by atoms with van der Waals surface area (Å²) in [6.07, 6.45) is 1.21. The Morgan fingerprint density at radius 2 is 1.48 bits per heavy atom. The predicted octanol–water partition coefficient (Wildman–Crippen LogP) is -1.43. The highest BCUT2D eigenvalue weighted by Crippen LogP contribution is 2.09. The quantitative estimate of drug-likeness (QED) is 0.238. The molecule has 0 saturated carbocycles. The molecule has 10 nitrogen and oxygen atoms in total. The lowest BCUT2D eigenvalue weighted by Gasteiger charge is -2.26. The Kier molecular flexibility index (Phi) is 11.2. The lowest BCUT2D eigenvalue weighted by Crippen LogP contribution is -2.59. The van der Waals surface area contributed by atoms with Crippen LogP contribution in [0.2, 0.25) is 0 Å². The van der Waals surface area contributed by atoms with Gasteiger partial charge in [0.05, 0.1) is 12.6 Å². The summed E-state index contributed by atoms with van der Waals surface area (Å²) in [6.45, 7) is 5.95. The number of carboxylic acids is 1. The molecule has 0 saturated heterocycles. The molecule has 0 aromatic heterocycles. The van der Waals surface area contributed by atoms with Crippen LogP contribution in [0.4, 0.5) is 0 Å². The first-order chi connectivity index (χ1) is 12.6. The summed E-state index contributed by atoms with van der Waals surface area (Å²) in [5.41, 5.74) is 5.82. The molecule has 0 aliphatic heterocycles. The summed E-state index contributed by atoms with van der Waals surface area (Å²) >= 11 is 0. The first-order valence-corrected chi connectivity index (χ1v) is 9.05. The van der Waals surface area contributed by atoms with Gasteiger partial charge in [-0.3, -0.25) is 19.2 Å². The molecule has 0 radical (unpaired) electrons. The minimum Gasteiger partial charge on any atom is -0.480 e. The predicted molar refractivity (Wildman–Crippen MR) is 98.5 cm³/mol. The van der Waals surface area contributed by atoms with Gasteiger partial charge in [0.15, 0.2) is 0 Å². The second-order valence-corrected chi connectivity index (χ2v) is 6.64. The Hall–Kier alpha value is -2.20. The zero-order chi connectivity index (χ0) is 21.1. The molecule has 0 heterocycles. The van der Waals surface area contributed by atoms with Crippen molar-refractivity contribution in [3.8, 4) is 0 Å². The molecule has 0 aliphatic rings. The Morgan fingerprint density at radius 1 is 0.926 bits per heavy atom. The van der Waals surface area contributed by atoms with Gasteiger partial charge in [-0.1, -0.05) is 40.5 Å². The van der Waals surface area contributed by atoms with Crippen molar-refractivity contribution in [3.63, 3.8) is 0 Å². The molecule has 0 aromatic carbocycles. The van der Waals surface area contributed by atoms with E-state index in [0.717, 1.165) is 0 Å². The number of carboxylic acid groups (broad SMARTS) is 1. The summed E-state index contributed by atoms with van der Waals surface area (Å²) in [5.74, 6) is -3.59. The molecule has 0 bridgehead atoms. The van der Waals surface area contributed by atoms with E-state index in [2.05, 4.69) is 16.0 Å². The van der Waals surface area contributed by atoms with E-state index in [4.69, 9.17) is 10.8 Å². The van der Waals surface area contributed by atoms with Gasteiger partial charge >= 0.3 is 5.97 Å². The van der Waals surface area contributed by atoms with Crippen molar-refractivity contribution in [1.29, 1.82) is 0 Å². The molecule has 5 atom stereocenters. The van der Waals surface area contributed by atoms with Crippen LogP contribution in [0, 0.1) is 11.8 Å². The molecular weight excluding hydrogens is 356 g/mol. The molecule has 0 spiro atoms. The Morgan fingerprint density at radius 3 is 1.93 bits per heavy atom. The summed E-state index contributed by atoms with van der Waals surface area (Å²) in [5, 5.41) is 25.2. The molecule has 10 heteroatoms. The largest absolute Gasteiger partial charge is 0.480 e. The minimum absolute atomic E-state index is 0.109. The van der Waals surface area contributed by atoms with E-state index in [9.17, 15) is 24.3 Å². The van der Waals surface area contributed by atoms with Crippen molar-refractivity contribution in [2.24, 2.45) is 17.6 Å². The van der Waals surface area contributed by atoms with Crippen LogP contribution in [-0.4, -0.2) is 65.2 Å². The van der Waals surface area contributed by atoms with E-state index in [0.29, 0.717) is 12.8 Å². The Balaban J connectivity index is 5.07. The van der Waals surface area contributed by atoms with Gasteiger partial charge in [0.25, 0.3) is 0 Å². The fourth-order valence-electron chi connectivity index (χ4n) is 2.20. The van der Waals surface area contributed by atoms with Gasteiger partial charge < -0.3 is 31.9 Å². The lowest BCUT2D eigenvalue weighted by atomic mass is 9.97. The third-order valence-corrected chi connectivity index (χ3v) is 4.58. The number of hydrogen-bond donors (Lipinski definition) is 6. The van der Waals surface area contributed by atoms with Gasteiger partial charge in [0.1, 0.15) is 18.6 Å². The number of carbonyl (C=O) groups is 4. The maximum absolute atomic E-state index is 12.4. The normalized spacial score (nSPS) is 16.4. The van der Waals surface area contributed by atoms with Crippen molar-refractivity contribution in [3.05, 3.63) is 0 Å². The summed E-state index contributed by atoms with van der Waals surface area (Å²) in [6, 6.07) is -3.11. The topological polar surface area (TPSA) is 171 Å². The average Bonchev–Trinajstić information content (AvgIpc) is 2.65. The van der Waals surface area contributed by atoms with Crippen molar-refractivity contribution in [2.75, 3.05) is 13.2 Å². The highest BCUT2D eigenvalue weighted by molar-refractivity contribution is 5.93. The average molecular weight is 388 g/mol. The standard InChI is InChI=1S/C17H32N4O6/c1-5-9(3)13(18)16(26)20-11(8-22)15(25)21-14(10(4)6-2)17(27)19-7-12(23)24/h9-11,13-14,22H,5-8,18H2,1-4H3,(H,19,27)(H,20,26)(H,21,25)(H,23,24). The number of aliphatic hydroxyl groups excluding tert-OH is 1. The molecule has 0 aliphatic carbocycles. The van der Waals surface area contributed by atoms with Crippen molar-refractivity contribution >= 4 is 23.7 Å². The Bertz CT molecular complexity index is 528. The van der Waals surface area contributed by atoms with E-state index in [1.54, 1.807) is 13.8 Å². The number of nitrogens with one attached hydrogen (secondary N) is 3. The molecule has 7 N–H and O–H groups in total. The van der Waals surface area contributed by atoms with E-state index < -0.39 is 55.0 Å². The molecule has 156 valence electrons. The third-order valence-electron chi connectivity index (χ3n) is 4.58. The first kappa shape index (κ1) is 24.8. The number of amides is 3. The number of carbonyl (C=O) groups excluding carboxylic acids is 3. The monoisotopic (exact) mass is 388 g/mol. The number of aliphatic carboxylic acids is 1. The van der Waals surface area contributed by atoms with Gasteiger partial charge in [0, 0.05) is 0 Å². The van der Waals surface area contributed by atoms with Crippen molar-refractivity contribution in [2.45, 2.75) is 58.7 Å². The lowest BCUT2D eigenvalue weighted by molar-refractivity contribution is -0.139. The number of rotatable bonds is 12. The molecule has 0 fully saturated rings. The maximum atomic E-state index is 12.4. The molecule has 3 amide bonds. The van der Waals surface area contributed by atoms with E-state index in [1.165, 1.54) is 0 Å². The summed E-state index contributed by atoms with van der Waals surface area (Å²) in [7, 11) is 0. The molecule has 0 aromatic rings. The highest BCUT2D eigenvalue weighted by Gasteiger charge is 2.31. The van der Waals surface area contributed by atoms with Gasteiger partial charge in [-0.05, 0) is 11.8 Å². The first-order valence-electron chi connectivity index (χ1n) is 9.05. The summed E-state index contributed by atoms with van der Waals surface area (Å²) < 4.78 is 0. The van der Waals surface area contributed by atoms with Crippen molar-refractivity contribution < 1.29 is 29.4 Å². The van der Waals surface area contributed by atoms with Crippen molar-refractivity contribution in [1.82, 2.24) is 16.0 Å². The molecular formula is C17H32N4O6. The van der Waals surface area contributed by atoms with Crippen LogP contribution in [0.1, 0.15) is 40.5 Å². The molecule has 0 rings (SSSR count). The minimum atomic E-state index is -1.27. The van der Waals surface area contributed by atoms with Crippen LogP contribution in [-0.2, 0) is 19.2 Å². The van der Waals surface area contributed by atoms with Gasteiger partial charge in [0.2, 0.25) is 17.7 Å². The van der Waals surface area contributed by atoms with Gasteiger partial charge in [-0.25, -0.2) is 0 Å². The zero-order valence-corrected chi connectivity index (χ0v) is 16.3. The number of aliphatic hydroxyl groups is 1.